The Morgan fingerprint density at radius 1 is 1.14 bits per heavy atom. The lowest BCUT2D eigenvalue weighted by atomic mass is 10.0. The van der Waals surface area contributed by atoms with Crippen LogP contribution in [0.2, 0.25) is 0 Å². The maximum absolute atomic E-state index is 11.4. The van der Waals surface area contributed by atoms with E-state index in [9.17, 15) is 4.79 Å². The van der Waals surface area contributed by atoms with E-state index < -0.39 is 0 Å². The van der Waals surface area contributed by atoms with Crippen molar-refractivity contribution in [1.29, 1.82) is 0 Å². The van der Waals surface area contributed by atoms with Crippen LogP contribution in [0, 0.1) is 0 Å². The fraction of sp³-hybridized carbons (Fsp3) is 0.667. The Labute approximate surface area is 82.9 Å². The van der Waals surface area contributed by atoms with Gasteiger partial charge in [-0.05, 0) is 20.3 Å². The number of nitrogens with one attached hydrogen (secondary N) is 2. The largest absolute Gasteiger partial charge is 0.328 e. The molecule has 0 aliphatic heterocycles. The SMILES string of the molecule is CC(N)Cc1[nH][nH]c(=O)c1CC(C)N. The smallest absolute Gasteiger partial charge is 0.267 e. The first-order valence-corrected chi connectivity index (χ1v) is 4.80. The van der Waals surface area contributed by atoms with Crippen LogP contribution < -0.4 is 17.0 Å². The highest BCUT2D eigenvalue weighted by molar-refractivity contribution is 5.18. The summed E-state index contributed by atoms with van der Waals surface area (Å²) in [4.78, 5) is 11.4. The van der Waals surface area contributed by atoms with Gasteiger partial charge in [0.25, 0.3) is 5.56 Å². The van der Waals surface area contributed by atoms with Gasteiger partial charge in [0, 0.05) is 29.8 Å². The lowest BCUT2D eigenvalue weighted by Crippen LogP contribution is -2.24. The fourth-order valence-corrected chi connectivity index (χ4v) is 1.45. The van der Waals surface area contributed by atoms with Gasteiger partial charge in [0.1, 0.15) is 0 Å². The number of nitrogens with two attached hydrogens (primary N) is 2. The maximum Gasteiger partial charge on any atom is 0.267 e. The van der Waals surface area contributed by atoms with Gasteiger partial charge in [0.15, 0.2) is 0 Å². The number of hydrogen-bond donors (Lipinski definition) is 4. The molecule has 0 spiro atoms. The summed E-state index contributed by atoms with van der Waals surface area (Å²) in [6.45, 7) is 3.78. The van der Waals surface area contributed by atoms with Gasteiger partial charge in [-0.25, -0.2) is 0 Å². The van der Waals surface area contributed by atoms with Gasteiger partial charge in [-0.15, -0.1) is 0 Å². The van der Waals surface area contributed by atoms with Gasteiger partial charge in [0.05, 0.1) is 0 Å². The lowest BCUT2D eigenvalue weighted by Gasteiger charge is -2.07. The quantitative estimate of drug-likeness (QED) is 0.523. The molecule has 2 unspecified atom stereocenters. The third-order valence-electron chi connectivity index (χ3n) is 2.02. The molecule has 0 amide bonds. The van der Waals surface area contributed by atoms with Crippen LogP contribution >= 0.6 is 0 Å². The molecule has 0 aliphatic rings. The van der Waals surface area contributed by atoms with E-state index in [0.717, 1.165) is 11.3 Å². The Bertz CT molecular complexity index is 337. The highest BCUT2D eigenvalue weighted by Gasteiger charge is 2.12. The average Bonchev–Trinajstić information content (AvgIpc) is 2.34. The van der Waals surface area contributed by atoms with E-state index in [0.29, 0.717) is 12.8 Å². The molecule has 0 aliphatic carbocycles. The molecule has 5 nitrogen and oxygen atoms in total. The summed E-state index contributed by atoms with van der Waals surface area (Å²) in [6.07, 6.45) is 1.25. The maximum atomic E-state index is 11.4. The zero-order chi connectivity index (χ0) is 10.7. The van der Waals surface area contributed by atoms with Crippen molar-refractivity contribution in [2.24, 2.45) is 11.5 Å². The zero-order valence-corrected chi connectivity index (χ0v) is 8.63. The van der Waals surface area contributed by atoms with Crippen molar-refractivity contribution < 1.29 is 0 Å². The van der Waals surface area contributed by atoms with Crippen LogP contribution in [0.5, 0.6) is 0 Å². The third-order valence-corrected chi connectivity index (χ3v) is 2.02. The van der Waals surface area contributed by atoms with Crippen LogP contribution in [-0.2, 0) is 12.8 Å². The van der Waals surface area contributed by atoms with Gasteiger partial charge in [0.2, 0.25) is 0 Å². The first-order valence-electron chi connectivity index (χ1n) is 4.80. The zero-order valence-electron chi connectivity index (χ0n) is 8.63. The first kappa shape index (κ1) is 11.0. The van der Waals surface area contributed by atoms with Crippen LogP contribution in [0.4, 0.5) is 0 Å². The van der Waals surface area contributed by atoms with Crippen molar-refractivity contribution in [3.63, 3.8) is 0 Å². The van der Waals surface area contributed by atoms with Gasteiger partial charge in [-0.2, -0.15) is 0 Å². The summed E-state index contributed by atoms with van der Waals surface area (Å²) in [5, 5.41) is 5.39. The molecule has 0 bridgehead atoms. The van der Waals surface area contributed by atoms with Crippen molar-refractivity contribution in [2.45, 2.75) is 38.8 Å². The van der Waals surface area contributed by atoms with Crippen LogP contribution in [0.15, 0.2) is 4.79 Å². The highest BCUT2D eigenvalue weighted by atomic mass is 16.1. The van der Waals surface area contributed by atoms with Gasteiger partial charge >= 0.3 is 0 Å². The minimum absolute atomic E-state index is 0.0151. The molecule has 5 heteroatoms. The second kappa shape index (κ2) is 4.43. The summed E-state index contributed by atoms with van der Waals surface area (Å²) in [5.41, 5.74) is 12.8. The van der Waals surface area contributed by atoms with Crippen LogP contribution in [0.3, 0.4) is 0 Å². The molecule has 0 saturated carbocycles. The average molecular weight is 198 g/mol. The Kier molecular flexibility index (Phi) is 3.49. The minimum atomic E-state index is -0.0852. The number of aromatic amines is 2. The second-order valence-electron chi connectivity index (χ2n) is 3.90. The minimum Gasteiger partial charge on any atom is -0.328 e. The first-order chi connectivity index (χ1) is 6.50. The molecule has 80 valence electrons. The van der Waals surface area contributed by atoms with Gasteiger partial charge < -0.3 is 16.6 Å². The Balaban J connectivity index is 2.88. The predicted molar refractivity (Wildman–Crippen MR) is 56.1 cm³/mol. The summed E-state index contributed by atoms with van der Waals surface area (Å²) >= 11 is 0. The lowest BCUT2D eigenvalue weighted by molar-refractivity contribution is 0.692. The molecule has 0 saturated heterocycles. The van der Waals surface area contributed by atoms with Crippen molar-refractivity contribution in [3.05, 3.63) is 21.6 Å². The summed E-state index contributed by atoms with van der Waals surface area (Å²) in [7, 11) is 0. The fourth-order valence-electron chi connectivity index (χ4n) is 1.45. The van der Waals surface area contributed by atoms with E-state index in [1.54, 1.807) is 0 Å². The summed E-state index contributed by atoms with van der Waals surface area (Å²) in [5.74, 6) is 0. The van der Waals surface area contributed by atoms with E-state index >= 15 is 0 Å². The summed E-state index contributed by atoms with van der Waals surface area (Å²) in [6, 6.07) is 0.0204. The second-order valence-corrected chi connectivity index (χ2v) is 3.90. The molecule has 2 atom stereocenters. The molecule has 1 heterocycles. The van der Waals surface area contributed by atoms with Crippen LogP contribution in [-0.4, -0.2) is 22.3 Å². The van der Waals surface area contributed by atoms with Crippen LogP contribution in [0.1, 0.15) is 25.1 Å². The topological polar surface area (TPSA) is 101 Å². The Morgan fingerprint density at radius 2 is 1.71 bits per heavy atom. The molecule has 0 aromatic carbocycles. The van der Waals surface area contributed by atoms with E-state index in [2.05, 4.69) is 10.2 Å². The van der Waals surface area contributed by atoms with Gasteiger partial charge in [-0.1, -0.05) is 0 Å². The van der Waals surface area contributed by atoms with Crippen molar-refractivity contribution in [3.8, 4) is 0 Å². The number of H-pyrrole nitrogens is 2. The molecule has 1 aromatic heterocycles. The molecular weight excluding hydrogens is 180 g/mol. The molecule has 14 heavy (non-hydrogen) atoms. The van der Waals surface area contributed by atoms with Crippen molar-refractivity contribution in [1.82, 2.24) is 10.2 Å². The number of hydrogen-bond acceptors (Lipinski definition) is 3. The summed E-state index contributed by atoms with van der Waals surface area (Å²) < 4.78 is 0. The molecule has 0 radical (unpaired) electrons. The number of rotatable bonds is 4. The Morgan fingerprint density at radius 3 is 2.21 bits per heavy atom. The van der Waals surface area contributed by atoms with E-state index in [-0.39, 0.29) is 17.6 Å². The molecule has 6 N–H and O–H groups in total. The number of aromatic nitrogens is 2. The van der Waals surface area contributed by atoms with E-state index in [1.807, 2.05) is 13.8 Å². The molecule has 0 fully saturated rings. The molecular formula is C9H18N4O. The van der Waals surface area contributed by atoms with Crippen molar-refractivity contribution >= 4 is 0 Å². The van der Waals surface area contributed by atoms with Gasteiger partial charge in [-0.3, -0.25) is 9.89 Å². The standard InChI is InChI=1S/C9H18N4O/c1-5(10)3-7-8(4-6(2)11)12-13-9(7)14/h5-6H,3-4,10-11H2,1-2H3,(H2,12,13,14). The van der Waals surface area contributed by atoms with E-state index in [4.69, 9.17) is 11.5 Å². The highest BCUT2D eigenvalue weighted by Crippen LogP contribution is 2.04. The van der Waals surface area contributed by atoms with E-state index in [1.165, 1.54) is 0 Å². The predicted octanol–water partition coefficient (Wildman–Crippen LogP) is -0.518. The normalized spacial score (nSPS) is 15.4. The van der Waals surface area contributed by atoms with Crippen LogP contribution in [0.25, 0.3) is 0 Å². The van der Waals surface area contributed by atoms with Crippen molar-refractivity contribution in [2.75, 3.05) is 0 Å². The molecule has 1 rings (SSSR count). The monoisotopic (exact) mass is 198 g/mol. The molecule has 1 aromatic rings. The Hall–Kier alpha value is -1.07. The third kappa shape index (κ3) is 2.71.